The van der Waals surface area contributed by atoms with Crippen molar-refractivity contribution in [2.75, 3.05) is 11.4 Å². The van der Waals surface area contributed by atoms with Crippen molar-refractivity contribution < 1.29 is 0 Å². The quantitative estimate of drug-likeness (QED) is 0.817. The standard InChI is InChI=1S/C18H25N3/c1-3-5-13-21(15-9-7-6-8-10-15)16-11-12-18(20-14-16)17(19)4-2/h6-12,14,17H,3-5,13,19H2,1-2H3. The fraction of sp³-hybridized carbons (Fsp3) is 0.389. The van der Waals surface area contributed by atoms with Crippen molar-refractivity contribution in [1.82, 2.24) is 4.98 Å². The van der Waals surface area contributed by atoms with Gasteiger partial charge in [0, 0.05) is 18.3 Å². The first-order valence-corrected chi connectivity index (χ1v) is 7.80. The lowest BCUT2D eigenvalue weighted by Gasteiger charge is -2.25. The van der Waals surface area contributed by atoms with E-state index in [4.69, 9.17) is 5.73 Å². The second-order valence-corrected chi connectivity index (χ2v) is 5.30. The van der Waals surface area contributed by atoms with Gasteiger partial charge in [0.1, 0.15) is 0 Å². The molecule has 2 N–H and O–H groups in total. The summed E-state index contributed by atoms with van der Waals surface area (Å²) in [5, 5.41) is 0. The van der Waals surface area contributed by atoms with E-state index in [9.17, 15) is 0 Å². The molecule has 1 heterocycles. The second kappa shape index (κ2) is 7.79. The Kier molecular flexibility index (Phi) is 5.76. The molecule has 0 aliphatic carbocycles. The van der Waals surface area contributed by atoms with Crippen LogP contribution in [0.2, 0.25) is 0 Å². The van der Waals surface area contributed by atoms with E-state index >= 15 is 0 Å². The zero-order valence-corrected chi connectivity index (χ0v) is 13.0. The summed E-state index contributed by atoms with van der Waals surface area (Å²) >= 11 is 0. The minimum Gasteiger partial charge on any atom is -0.340 e. The molecular formula is C18H25N3. The Labute approximate surface area is 127 Å². The molecule has 3 heteroatoms. The van der Waals surface area contributed by atoms with Crippen LogP contribution in [0.15, 0.2) is 48.7 Å². The average Bonchev–Trinajstić information content (AvgIpc) is 2.56. The minimum absolute atomic E-state index is 0.0277. The number of hydrogen-bond acceptors (Lipinski definition) is 3. The van der Waals surface area contributed by atoms with Gasteiger partial charge in [-0.25, -0.2) is 0 Å². The smallest absolute Gasteiger partial charge is 0.0597 e. The van der Waals surface area contributed by atoms with Gasteiger partial charge in [-0.1, -0.05) is 38.5 Å². The van der Waals surface area contributed by atoms with Gasteiger partial charge in [0.2, 0.25) is 0 Å². The maximum Gasteiger partial charge on any atom is 0.0597 e. The third-order valence-corrected chi connectivity index (χ3v) is 3.71. The number of nitrogens with zero attached hydrogens (tertiary/aromatic N) is 2. The summed E-state index contributed by atoms with van der Waals surface area (Å²) in [6.07, 6.45) is 5.18. The van der Waals surface area contributed by atoms with Crippen LogP contribution in [0, 0.1) is 0 Å². The molecule has 0 saturated carbocycles. The zero-order chi connectivity index (χ0) is 15.1. The molecule has 0 radical (unpaired) electrons. The lowest BCUT2D eigenvalue weighted by molar-refractivity contribution is 0.675. The monoisotopic (exact) mass is 283 g/mol. The predicted molar refractivity (Wildman–Crippen MR) is 89.8 cm³/mol. The molecule has 1 atom stereocenters. The minimum atomic E-state index is 0.0277. The average molecular weight is 283 g/mol. The predicted octanol–water partition coefficient (Wildman–Crippen LogP) is 4.43. The molecule has 0 amide bonds. The molecule has 21 heavy (non-hydrogen) atoms. The van der Waals surface area contributed by atoms with Gasteiger partial charge < -0.3 is 10.6 Å². The van der Waals surface area contributed by atoms with Crippen LogP contribution in [0.3, 0.4) is 0 Å². The third-order valence-electron chi connectivity index (χ3n) is 3.71. The van der Waals surface area contributed by atoms with E-state index in [0.29, 0.717) is 0 Å². The normalized spacial score (nSPS) is 12.1. The van der Waals surface area contributed by atoms with Gasteiger partial charge in [-0.05, 0) is 37.1 Å². The van der Waals surface area contributed by atoms with Crippen molar-refractivity contribution in [3.63, 3.8) is 0 Å². The number of aromatic nitrogens is 1. The molecule has 1 aromatic heterocycles. The van der Waals surface area contributed by atoms with Crippen LogP contribution in [0.4, 0.5) is 11.4 Å². The first kappa shape index (κ1) is 15.5. The van der Waals surface area contributed by atoms with E-state index in [1.807, 2.05) is 18.3 Å². The molecule has 0 aliphatic heterocycles. The first-order chi connectivity index (χ1) is 10.3. The summed E-state index contributed by atoms with van der Waals surface area (Å²) in [7, 11) is 0. The molecule has 2 aromatic rings. The molecule has 1 unspecified atom stereocenters. The highest BCUT2D eigenvalue weighted by Gasteiger charge is 2.10. The maximum atomic E-state index is 6.04. The summed E-state index contributed by atoms with van der Waals surface area (Å²) in [5.74, 6) is 0. The highest BCUT2D eigenvalue weighted by Crippen LogP contribution is 2.26. The van der Waals surface area contributed by atoms with E-state index in [-0.39, 0.29) is 6.04 Å². The van der Waals surface area contributed by atoms with Gasteiger partial charge in [-0.15, -0.1) is 0 Å². The van der Waals surface area contributed by atoms with Crippen LogP contribution in [0.5, 0.6) is 0 Å². The lowest BCUT2D eigenvalue weighted by atomic mass is 10.1. The maximum absolute atomic E-state index is 6.04. The largest absolute Gasteiger partial charge is 0.340 e. The van der Waals surface area contributed by atoms with Crippen molar-refractivity contribution in [2.45, 2.75) is 39.2 Å². The Morgan fingerprint density at radius 2 is 1.81 bits per heavy atom. The van der Waals surface area contributed by atoms with E-state index in [1.54, 1.807) is 0 Å². The zero-order valence-electron chi connectivity index (χ0n) is 13.0. The number of para-hydroxylation sites is 1. The first-order valence-electron chi connectivity index (χ1n) is 7.80. The summed E-state index contributed by atoms with van der Waals surface area (Å²) in [4.78, 5) is 6.85. The number of nitrogens with two attached hydrogens (primary N) is 1. The number of anilines is 2. The van der Waals surface area contributed by atoms with Crippen molar-refractivity contribution in [2.24, 2.45) is 5.73 Å². The molecule has 0 fully saturated rings. The van der Waals surface area contributed by atoms with Gasteiger partial charge in [-0.3, -0.25) is 4.98 Å². The number of benzene rings is 1. The van der Waals surface area contributed by atoms with E-state index in [0.717, 1.165) is 30.8 Å². The van der Waals surface area contributed by atoms with Gasteiger partial charge in [0.05, 0.1) is 17.6 Å². The van der Waals surface area contributed by atoms with E-state index < -0.39 is 0 Å². The highest BCUT2D eigenvalue weighted by molar-refractivity contribution is 5.62. The van der Waals surface area contributed by atoms with Crippen LogP contribution in [-0.2, 0) is 0 Å². The fourth-order valence-electron chi connectivity index (χ4n) is 2.32. The third kappa shape index (κ3) is 4.05. The van der Waals surface area contributed by atoms with Gasteiger partial charge in [0.15, 0.2) is 0 Å². The Hall–Kier alpha value is -1.87. The number of unbranched alkanes of at least 4 members (excludes halogenated alkanes) is 1. The topological polar surface area (TPSA) is 42.1 Å². The number of hydrogen-bond donors (Lipinski definition) is 1. The Balaban J connectivity index is 2.24. The molecule has 112 valence electrons. The van der Waals surface area contributed by atoms with Crippen LogP contribution >= 0.6 is 0 Å². The Bertz CT molecular complexity index is 522. The van der Waals surface area contributed by atoms with Crippen molar-refractivity contribution in [3.05, 3.63) is 54.4 Å². The number of pyridine rings is 1. The molecule has 0 aliphatic rings. The lowest BCUT2D eigenvalue weighted by Crippen LogP contribution is -2.19. The van der Waals surface area contributed by atoms with Crippen LogP contribution in [0.25, 0.3) is 0 Å². The molecule has 3 nitrogen and oxygen atoms in total. The molecule has 1 aromatic carbocycles. The van der Waals surface area contributed by atoms with Crippen LogP contribution < -0.4 is 10.6 Å². The highest BCUT2D eigenvalue weighted by atomic mass is 15.1. The molecule has 0 saturated heterocycles. The van der Waals surface area contributed by atoms with E-state index in [2.05, 4.69) is 54.1 Å². The van der Waals surface area contributed by atoms with Gasteiger partial charge in [-0.2, -0.15) is 0 Å². The van der Waals surface area contributed by atoms with Crippen LogP contribution in [-0.4, -0.2) is 11.5 Å². The summed E-state index contributed by atoms with van der Waals surface area (Å²) in [6, 6.07) is 14.7. The van der Waals surface area contributed by atoms with Crippen molar-refractivity contribution in [1.29, 1.82) is 0 Å². The summed E-state index contributed by atoms with van der Waals surface area (Å²) < 4.78 is 0. The van der Waals surface area contributed by atoms with Gasteiger partial charge >= 0.3 is 0 Å². The van der Waals surface area contributed by atoms with Crippen molar-refractivity contribution in [3.8, 4) is 0 Å². The van der Waals surface area contributed by atoms with Crippen LogP contribution in [0.1, 0.15) is 44.8 Å². The second-order valence-electron chi connectivity index (χ2n) is 5.30. The van der Waals surface area contributed by atoms with E-state index in [1.165, 1.54) is 12.1 Å². The fourth-order valence-corrected chi connectivity index (χ4v) is 2.32. The Morgan fingerprint density at radius 1 is 1.05 bits per heavy atom. The summed E-state index contributed by atoms with van der Waals surface area (Å²) in [6.45, 7) is 5.30. The summed E-state index contributed by atoms with van der Waals surface area (Å²) in [5.41, 5.74) is 9.33. The molecule has 2 rings (SSSR count). The van der Waals surface area contributed by atoms with Crippen molar-refractivity contribution >= 4 is 11.4 Å². The molecule has 0 spiro atoms. The number of rotatable bonds is 7. The molecular weight excluding hydrogens is 258 g/mol. The Morgan fingerprint density at radius 3 is 2.38 bits per heavy atom. The van der Waals surface area contributed by atoms with Gasteiger partial charge in [0.25, 0.3) is 0 Å². The SMILES string of the molecule is CCCCN(c1ccccc1)c1ccc(C(N)CC)nc1. The molecule has 0 bridgehead atoms.